The largest absolute Gasteiger partial charge is 0.477 e. The molecule has 0 aromatic heterocycles. The second-order valence-electron chi connectivity index (χ2n) is 6.75. The van der Waals surface area contributed by atoms with Gasteiger partial charge in [0.05, 0.1) is 4.90 Å². The van der Waals surface area contributed by atoms with Crippen LogP contribution in [0.5, 0.6) is 0 Å². The van der Waals surface area contributed by atoms with E-state index in [2.05, 4.69) is 0 Å². The molecule has 148 valence electrons. The zero-order valence-corrected chi connectivity index (χ0v) is 16.0. The second-order valence-corrected chi connectivity index (χ2v) is 8.77. The maximum absolute atomic E-state index is 12.9. The number of aliphatic carboxylic acids is 1. The standard InChI is InChI=1S/C19H28F2O4S/c1-26(24,25)17-13-11-16(12-14-17)10-8-6-4-2-3-5-7-9-15-19(20,21)18(22)23/h11-14H,2-10,15H2,1H3,(H,22,23). The molecule has 0 amide bonds. The number of sulfone groups is 1. The van der Waals surface area contributed by atoms with E-state index in [1.165, 1.54) is 6.26 Å². The number of hydrogen-bond donors (Lipinski definition) is 1. The Morgan fingerprint density at radius 1 is 0.923 bits per heavy atom. The number of benzene rings is 1. The summed E-state index contributed by atoms with van der Waals surface area (Å²) >= 11 is 0. The molecule has 1 aromatic carbocycles. The molecule has 0 heterocycles. The zero-order valence-electron chi connectivity index (χ0n) is 15.2. The first-order chi connectivity index (χ1) is 12.1. The van der Waals surface area contributed by atoms with Gasteiger partial charge in [0.15, 0.2) is 9.84 Å². The lowest BCUT2D eigenvalue weighted by Gasteiger charge is -2.10. The predicted octanol–water partition coefficient (Wildman–Crippen LogP) is 4.86. The van der Waals surface area contributed by atoms with Gasteiger partial charge in [-0.05, 0) is 37.0 Å². The number of halogens is 2. The van der Waals surface area contributed by atoms with Crippen molar-refractivity contribution in [2.24, 2.45) is 0 Å². The van der Waals surface area contributed by atoms with Crippen LogP contribution in [0.2, 0.25) is 0 Å². The molecule has 0 saturated carbocycles. The summed E-state index contributed by atoms with van der Waals surface area (Å²) in [6.45, 7) is 0. The quantitative estimate of drug-likeness (QED) is 0.488. The van der Waals surface area contributed by atoms with Gasteiger partial charge in [-0.1, -0.05) is 50.7 Å². The van der Waals surface area contributed by atoms with Gasteiger partial charge >= 0.3 is 11.9 Å². The van der Waals surface area contributed by atoms with E-state index in [-0.39, 0.29) is 6.42 Å². The van der Waals surface area contributed by atoms with Crippen LogP contribution in [0.25, 0.3) is 0 Å². The van der Waals surface area contributed by atoms with Gasteiger partial charge in [0, 0.05) is 12.7 Å². The summed E-state index contributed by atoms with van der Waals surface area (Å²) in [6.07, 6.45) is 8.44. The molecule has 0 spiro atoms. The van der Waals surface area contributed by atoms with Crippen LogP contribution in [0, 0.1) is 0 Å². The molecule has 0 unspecified atom stereocenters. The van der Waals surface area contributed by atoms with Gasteiger partial charge in [-0.3, -0.25) is 0 Å². The summed E-state index contributed by atoms with van der Waals surface area (Å²) in [6, 6.07) is 6.98. The maximum Gasteiger partial charge on any atom is 0.374 e. The van der Waals surface area contributed by atoms with Gasteiger partial charge in [-0.25, -0.2) is 13.2 Å². The van der Waals surface area contributed by atoms with Crippen molar-refractivity contribution < 1.29 is 27.1 Å². The number of carboxylic acid groups (broad SMARTS) is 1. The summed E-state index contributed by atoms with van der Waals surface area (Å²) < 4.78 is 48.5. The third kappa shape index (κ3) is 8.74. The van der Waals surface area contributed by atoms with Crippen LogP contribution in [-0.2, 0) is 21.1 Å². The van der Waals surface area contributed by atoms with Crippen molar-refractivity contribution in [2.45, 2.75) is 75.0 Å². The summed E-state index contributed by atoms with van der Waals surface area (Å²) in [7, 11) is -3.15. The van der Waals surface area contributed by atoms with Crippen LogP contribution in [0.3, 0.4) is 0 Å². The van der Waals surface area contributed by atoms with E-state index >= 15 is 0 Å². The molecular weight excluding hydrogens is 362 g/mol. The summed E-state index contributed by atoms with van der Waals surface area (Å²) in [4.78, 5) is 10.6. The Morgan fingerprint density at radius 2 is 1.38 bits per heavy atom. The molecule has 1 rings (SSSR count). The Hall–Kier alpha value is -1.50. The highest BCUT2D eigenvalue weighted by Gasteiger charge is 2.37. The van der Waals surface area contributed by atoms with Crippen molar-refractivity contribution in [3.63, 3.8) is 0 Å². The molecule has 0 atom stereocenters. The number of unbranched alkanes of at least 4 members (excludes halogenated alkanes) is 7. The molecule has 0 aliphatic heterocycles. The van der Waals surface area contributed by atoms with Gasteiger partial charge in [-0.2, -0.15) is 8.78 Å². The smallest absolute Gasteiger partial charge is 0.374 e. The van der Waals surface area contributed by atoms with Crippen LogP contribution in [0.1, 0.15) is 63.4 Å². The number of carbonyl (C=O) groups is 1. The van der Waals surface area contributed by atoms with Crippen molar-refractivity contribution in [1.82, 2.24) is 0 Å². The molecule has 7 heteroatoms. The van der Waals surface area contributed by atoms with E-state index < -0.39 is 28.1 Å². The van der Waals surface area contributed by atoms with E-state index in [0.717, 1.165) is 50.5 Å². The molecule has 0 radical (unpaired) electrons. The number of alkyl halides is 2. The first kappa shape index (κ1) is 22.5. The number of aryl methyl sites for hydroxylation is 1. The fourth-order valence-electron chi connectivity index (χ4n) is 2.75. The Balaban J connectivity index is 2.04. The van der Waals surface area contributed by atoms with Crippen molar-refractivity contribution in [3.8, 4) is 0 Å². The van der Waals surface area contributed by atoms with Crippen molar-refractivity contribution in [3.05, 3.63) is 29.8 Å². The molecule has 0 aliphatic rings. The normalized spacial score (nSPS) is 12.3. The minimum atomic E-state index is -3.60. The summed E-state index contributed by atoms with van der Waals surface area (Å²) in [5.41, 5.74) is 1.12. The van der Waals surface area contributed by atoms with Crippen LogP contribution >= 0.6 is 0 Å². The Labute approximate surface area is 154 Å². The Bertz CT molecular complexity index is 655. The molecule has 0 aliphatic carbocycles. The molecule has 26 heavy (non-hydrogen) atoms. The van der Waals surface area contributed by atoms with Gasteiger partial charge in [0.2, 0.25) is 0 Å². The number of carboxylic acids is 1. The minimum absolute atomic E-state index is 0.239. The average molecular weight is 390 g/mol. The van der Waals surface area contributed by atoms with Crippen LogP contribution < -0.4 is 0 Å². The summed E-state index contributed by atoms with van der Waals surface area (Å²) in [5.74, 6) is -5.64. The summed E-state index contributed by atoms with van der Waals surface area (Å²) in [5, 5.41) is 8.32. The topological polar surface area (TPSA) is 71.4 Å². The third-order valence-electron chi connectivity index (χ3n) is 4.37. The fraction of sp³-hybridized carbons (Fsp3) is 0.632. The fourth-order valence-corrected chi connectivity index (χ4v) is 3.38. The zero-order chi connectivity index (χ0) is 19.6. The SMILES string of the molecule is CS(=O)(=O)c1ccc(CCCCCCCCCCC(F)(F)C(=O)O)cc1. The van der Waals surface area contributed by atoms with Crippen LogP contribution in [0.15, 0.2) is 29.2 Å². The Morgan fingerprint density at radius 3 is 1.85 bits per heavy atom. The number of hydrogen-bond acceptors (Lipinski definition) is 3. The highest BCUT2D eigenvalue weighted by molar-refractivity contribution is 7.90. The average Bonchev–Trinajstić information content (AvgIpc) is 2.56. The van der Waals surface area contributed by atoms with E-state index in [9.17, 15) is 22.0 Å². The lowest BCUT2D eigenvalue weighted by molar-refractivity contribution is -0.165. The molecule has 1 aromatic rings. The van der Waals surface area contributed by atoms with Crippen molar-refractivity contribution in [2.75, 3.05) is 6.26 Å². The molecule has 0 bridgehead atoms. The van der Waals surface area contributed by atoms with Crippen LogP contribution in [0.4, 0.5) is 8.78 Å². The molecule has 1 N–H and O–H groups in total. The van der Waals surface area contributed by atoms with E-state index in [1.54, 1.807) is 12.1 Å². The minimum Gasteiger partial charge on any atom is -0.477 e. The first-order valence-electron chi connectivity index (χ1n) is 9.03. The lowest BCUT2D eigenvalue weighted by Crippen LogP contribution is -2.27. The van der Waals surface area contributed by atoms with Gasteiger partial charge in [0.25, 0.3) is 0 Å². The third-order valence-corrected chi connectivity index (χ3v) is 5.50. The van der Waals surface area contributed by atoms with Crippen molar-refractivity contribution >= 4 is 15.8 Å². The molecule has 0 saturated heterocycles. The second kappa shape index (κ2) is 10.6. The number of rotatable bonds is 13. The van der Waals surface area contributed by atoms with Gasteiger partial charge in [0.1, 0.15) is 0 Å². The van der Waals surface area contributed by atoms with Crippen LogP contribution in [-0.4, -0.2) is 31.7 Å². The molecule has 0 fully saturated rings. The van der Waals surface area contributed by atoms with E-state index in [1.807, 2.05) is 12.1 Å². The molecular formula is C19H28F2O4S. The lowest BCUT2D eigenvalue weighted by atomic mass is 10.0. The monoisotopic (exact) mass is 390 g/mol. The predicted molar refractivity (Wildman–Crippen MR) is 97.4 cm³/mol. The van der Waals surface area contributed by atoms with Gasteiger partial charge < -0.3 is 5.11 Å². The molecule has 4 nitrogen and oxygen atoms in total. The van der Waals surface area contributed by atoms with Crippen molar-refractivity contribution in [1.29, 1.82) is 0 Å². The Kier molecular flexibility index (Phi) is 9.19. The highest BCUT2D eigenvalue weighted by atomic mass is 32.2. The van der Waals surface area contributed by atoms with E-state index in [0.29, 0.717) is 11.3 Å². The van der Waals surface area contributed by atoms with E-state index in [4.69, 9.17) is 5.11 Å². The maximum atomic E-state index is 12.9. The highest BCUT2D eigenvalue weighted by Crippen LogP contribution is 2.22. The first-order valence-corrected chi connectivity index (χ1v) is 10.9. The van der Waals surface area contributed by atoms with Gasteiger partial charge in [-0.15, -0.1) is 0 Å².